The molecule has 1 aromatic heterocycles. The molecule has 0 amide bonds. The summed E-state index contributed by atoms with van der Waals surface area (Å²) >= 11 is 0. The van der Waals surface area contributed by atoms with E-state index in [4.69, 9.17) is 4.74 Å². The van der Waals surface area contributed by atoms with E-state index in [1.54, 1.807) is 7.11 Å². The summed E-state index contributed by atoms with van der Waals surface area (Å²) in [6.07, 6.45) is 1.81. The first-order chi connectivity index (χ1) is 9.10. The second kappa shape index (κ2) is 5.55. The molecule has 1 heterocycles. The maximum absolute atomic E-state index is 5.96. The lowest BCUT2D eigenvalue weighted by Crippen LogP contribution is -2.42. The molecule has 0 aliphatic carbocycles. The summed E-state index contributed by atoms with van der Waals surface area (Å²) in [6, 6.07) is 12.3. The van der Waals surface area contributed by atoms with Crippen LogP contribution in [0.4, 0.5) is 0 Å². The van der Waals surface area contributed by atoms with Crippen molar-refractivity contribution in [3.05, 3.63) is 53.9 Å². The lowest BCUT2D eigenvalue weighted by molar-refractivity contribution is -0.00462. The van der Waals surface area contributed by atoms with E-state index in [9.17, 15) is 0 Å². The largest absolute Gasteiger partial charge is 0.366 e. The van der Waals surface area contributed by atoms with Crippen LogP contribution in [0, 0.1) is 0 Å². The highest BCUT2D eigenvalue weighted by atomic mass is 16.5. The Hall–Kier alpha value is -1.65. The maximum Gasteiger partial charge on any atom is 0.147 e. The van der Waals surface area contributed by atoms with Crippen molar-refractivity contribution in [3.8, 4) is 0 Å². The lowest BCUT2D eigenvalue weighted by atomic mass is 9.89. The molecule has 1 aromatic carbocycles. The minimum absolute atomic E-state index is 0.504. The van der Waals surface area contributed by atoms with Crippen molar-refractivity contribution in [3.63, 3.8) is 0 Å². The van der Waals surface area contributed by atoms with Crippen molar-refractivity contribution in [2.24, 2.45) is 7.05 Å². The van der Waals surface area contributed by atoms with Crippen molar-refractivity contribution in [1.29, 1.82) is 0 Å². The third-order valence-electron chi connectivity index (χ3n) is 3.36. The molecule has 0 fully saturated rings. The van der Waals surface area contributed by atoms with E-state index >= 15 is 0 Å². The highest BCUT2D eigenvalue weighted by Gasteiger charge is 2.37. The molecular weight excluding hydrogens is 238 g/mol. The summed E-state index contributed by atoms with van der Waals surface area (Å²) in [4.78, 5) is 2.13. The van der Waals surface area contributed by atoms with Gasteiger partial charge in [-0.25, -0.2) is 0 Å². The number of ether oxygens (including phenoxy) is 1. The fraction of sp³-hybridized carbons (Fsp3) is 0.400. The average Bonchev–Trinajstić information content (AvgIpc) is 2.83. The Morgan fingerprint density at radius 3 is 2.37 bits per heavy atom. The molecule has 0 spiro atoms. The van der Waals surface area contributed by atoms with Crippen LogP contribution in [0.15, 0.2) is 42.6 Å². The zero-order chi connectivity index (χ0) is 13.9. The molecule has 0 aliphatic rings. The molecular formula is C15H21N3O. The second-order valence-electron chi connectivity index (χ2n) is 4.98. The van der Waals surface area contributed by atoms with E-state index in [-0.39, 0.29) is 0 Å². The number of nitrogens with zero attached hydrogens (tertiary/aromatic N) is 3. The monoisotopic (exact) mass is 259 g/mol. The summed E-state index contributed by atoms with van der Waals surface area (Å²) in [5, 5.41) is 4.28. The number of hydrogen-bond donors (Lipinski definition) is 0. The molecule has 0 unspecified atom stereocenters. The summed E-state index contributed by atoms with van der Waals surface area (Å²) < 4.78 is 7.83. The molecule has 102 valence electrons. The molecule has 2 aromatic rings. The minimum atomic E-state index is -0.504. The van der Waals surface area contributed by atoms with Crippen molar-refractivity contribution in [1.82, 2.24) is 14.7 Å². The molecule has 0 saturated heterocycles. The normalized spacial score (nSPS) is 14.6. The van der Waals surface area contributed by atoms with E-state index in [1.807, 2.05) is 56.3 Å². The first-order valence-electron chi connectivity index (χ1n) is 6.34. The second-order valence-corrected chi connectivity index (χ2v) is 4.98. The van der Waals surface area contributed by atoms with Crippen LogP contribution in [0.5, 0.6) is 0 Å². The molecule has 1 atom stereocenters. The van der Waals surface area contributed by atoms with Crippen molar-refractivity contribution >= 4 is 0 Å². The zero-order valence-electron chi connectivity index (χ0n) is 12.0. The van der Waals surface area contributed by atoms with E-state index in [2.05, 4.69) is 22.1 Å². The number of rotatable bonds is 5. The van der Waals surface area contributed by atoms with Gasteiger partial charge < -0.3 is 9.64 Å². The first kappa shape index (κ1) is 13.8. The van der Waals surface area contributed by atoms with Gasteiger partial charge in [-0.3, -0.25) is 4.68 Å². The van der Waals surface area contributed by atoms with Crippen molar-refractivity contribution in [2.75, 3.05) is 27.7 Å². The molecule has 0 aliphatic heterocycles. The van der Waals surface area contributed by atoms with Gasteiger partial charge in [0.05, 0.1) is 5.69 Å². The van der Waals surface area contributed by atoms with Crippen LogP contribution in [-0.2, 0) is 17.4 Å². The van der Waals surface area contributed by atoms with Crippen molar-refractivity contribution < 1.29 is 4.74 Å². The van der Waals surface area contributed by atoms with E-state index in [1.165, 1.54) is 0 Å². The minimum Gasteiger partial charge on any atom is -0.366 e. The van der Waals surface area contributed by atoms with Gasteiger partial charge in [-0.05, 0) is 25.7 Å². The Balaban J connectivity index is 2.58. The molecule has 0 N–H and O–H groups in total. The molecule has 4 heteroatoms. The van der Waals surface area contributed by atoms with Gasteiger partial charge in [0.15, 0.2) is 0 Å². The molecule has 2 rings (SSSR count). The van der Waals surface area contributed by atoms with Crippen LogP contribution >= 0.6 is 0 Å². The van der Waals surface area contributed by atoms with Crippen LogP contribution in [-0.4, -0.2) is 42.4 Å². The van der Waals surface area contributed by atoms with E-state index in [0.717, 1.165) is 17.8 Å². The topological polar surface area (TPSA) is 30.3 Å². The van der Waals surface area contributed by atoms with Gasteiger partial charge >= 0.3 is 0 Å². The Morgan fingerprint density at radius 1 is 1.21 bits per heavy atom. The van der Waals surface area contributed by atoms with Gasteiger partial charge in [-0.1, -0.05) is 30.3 Å². The smallest absolute Gasteiger partial charge is 0.147 e. The number of benzene rings is 1. The summed E-state index contributed by atoms with van der Waals surface area (Å²) in [5.74, 6) is 0. The van der Waals surface area contributed by atoms with Gasteiger partial charge in [0, 0.05) is 26.9 Å². The summed E-state index contributed by atoms with van der Waals surface area (Å²) in [6.45, 7) is 0.757. The van der Waals surface area contributed by atoms with Crippen LogP contribution in [0.3, 0.4) is 0 Å². The van der Waals surface area contributed by atoms with Crippen molar-refractivity contribution in [2.45, 2.75) is 5.60 Å². The highest BCUT2D eigenvalue weighted by molar-refractivity contribution is 5.33. The zero-order valence-corrected chi connectivity index (χ0v) is 12.0. The predicted molar refractivity (Wildman–Crippen MR) is 76.0 cm³/mol. The fourth-order valence-corrected chi connectivity index (χ4v) is 2.53. The van der Waals surface area contributed by atoms with Gasteiger partial charge in [0.2, 0.25) is 0 Å². The SMILES string of the molecule is CO[C@@](CN(C)C)(c1ccccc1)c1ccnn1C. The van der Waals surface area contributed by atoms with E-state index in [0.29, 0.717) is 0 Å². The molecule has 0 saturated carbocycles. The molecule has 0 radical (unpaired) electrons. The summed E-state index contributed by atoms with van der Waals surface area (Å²) in [5.41, 5.74) is 1.68. The van der Waals surface area contributed by atoms with Gasteiger partial charge in [0.25, 0.3) is 0 Å². The number of likely N-dealkylation sites (N-methyl/N-ethyl adjacent to an activating group) is 1. The third kappa shape index (κ3) is 2.55. The molecule has 19 heavy (non-hydrogen) atoms. The molecule has 0 bridgehead atoms. The number of aromatic nitrogens is 2. The van der Waals surface area contributed by atoms with Crippen LogP contribution in [0.25, 0.3) is 0 Å². The third-order valence-corrected chi connectivity index (χ3v) is 3.36. The van der Waals surface area contributed by atoms with Crippen LogP contribution in [0.1, 0.15) is 11.3 Å². The molecule has 4 nitrogen and oxygen atoms in total. The Kier molecular flexibility index (Phi) is 4.02. The Bertz CT molecular complexity index is 521. The quantitative estimate of drug-likeness (QED) is 0.821. The fourth-order valence-electron chi connectivity index (χ4n) is 2.53. The Morgan fingerprint density at radius 2 is 1.89 bits per heavy atom. The van der Waals surface area contributed by atoms with Crippen LogP contribution < -0.4 is 0 Å². The van der Waals surface area contributed by atoms with E-state index < -0.39 is 5.60 Å². The highest BCUT2D eigenvalue weighted by Crippen LogP contribution is 2.33. The van der Waals surface area contributed by atoms with Gasteiger partial charge in [0.1, 0.15) is 5.60 Å². The number of methoxy groups -OCH3 is 1. The number of aryl methyl sites for hydroxylation is 1. The predicted octanol–water partition coefficient (Wildman–Crippen LogP) is 1.87. The standard InChI is InChI=1S/C15H21N3O/c1-17(2)12-15(19-4,13-8-6-5-7-9-13)14-10-11-16-18(14)3/h5-11H,12H2,1-4H3/t15-/m0/s1. The number of hydrogen-bond acceptors (Lipinski definition) is 3. The lowest BCUT2D eigenvalue weighted by Gasteiger charge is -2.35. The van der Waals surface area contributed by atoms with Gasteiger partial charge in [-0.15, -0.1) is 0 Å². The van der Waals surface area contributed by atoms with Gasteiger partial charge in [-0.2, -0.15) is 5.10 Å². The maximum atomic E-state index is 5.96. The first-order valence-corrected chi connectivity index (χ1v) is 6.34. The van der Waals surface area contributed by atoms with Crippen LogP contribution in [0.2, 0.25) is 0 Å². The summed E-state index contributed by atoms with van der Waals surface area (Å²) in [7, 11) is 7.80. The average molecular weight is 259 g/mol. The Labute approximate surface area is 114 Å².